The highest BCUT2D eigenvalue weighted by molar-refractivity contribution is 8.14. The van der Waals surface area contributed by atoms with Crippen molar-refractivity contribution in [1.82, 2.24) is 0 Å². The van der Waals surface area contributed by atoms with Crippen LogP contribution >= 0.6 is 10.7 Å². The number of halogens is 2. The highest BCUT2D eigenvalue weighted by Gasteiger charge is 2.22. The molecule has 88 valence electrons. The summed E-state index contributed by atoms with van der Waals surface area (Å²) in [5, 5.41) is 8.60. The molecule has 1 atom stereocenters. The third-order valence-electron chi connectivity index (χ3n) is 1.90. The van der Waals surface area contributed by atoms with Crippen LogP contribution in [0.15, 0.2) is 24.3 Å². The van der Waals surface area contributed by atoms with Crippen molar-refractivity contribution >= 4 is 25.7 Å². The number of hydrogen-bond donors (Lipinski definition) is 1. The summed E-state index contributed by atoms with van der Waals surface area (Å²) in [6, 6.07) is 5.23. The molecule has 0 aromatic heterocycles. The van der Waals surface area contributed by atoms with Gasteiger partial charge in [-0.1, -0.05) is 12.1 Å². The van der Waals surface area contributed by atoms with Crippen molar-refractivity contribution in [2.75, 3.05) is 0 Å². The Balaban J connectivity index is 2.81. The maximum Gasteiger partial charge on any atom is 0.335 e. The van der Waals surface area contributed by atoms with Crippen LogP contribution in [-0.2, 0) is 15.5 Å². The molecule has 0 amide bonds. The monoisotopic (exact) mass is 266 g/mol. The van der Waals surface area contributed by atoms with Crippen LogP contribution in [0.5, 0.6) is 0 Å². The largest absolute Gasteiger partial charge is 0.478 e. The van der Waals surface area contributed by atoms with Gasteiger partial charge in [0.2, 0.25) is 5.50 Å². The number of hydrogen-bond acceptors (Lipinski definition) is 3. The molecule has 0 heterocycles. The van der Waals surface area contributed by atoms with Gasteiger partial charge in [0.1, 0.15) is 0 Å². The van der Waals surface area contributed by atoms with E-state index in [0.29, 0.717) is 5.56 Å². The molecule has 0 aliphatic rings. The van der Waals surface area contributed by atoms with E-state index < -0.39 is 26.9 Å². The van der Waals surface area contributed by atoms with Crippen LogP contribution in [-0.4, -0.2) is 25.0 Å². The van der Waals surface area contributed by atoms with Gasteiger partial charge in [-0.25, -0.2) is 17.6 Å². The van der Waals surface area contributed by atoms with Crippen molar-refractivity contribution < 1.29 is 22.7 Å². The van der Waals surface area contributed by atoms with E-state index in [9.17, 15) is 17.6 Å². The number of aromatic carboxylic acids is 1. The molecular weight excluding hydrogens is 259 g/mol. The lowest BCUT2D eigenvalue weighted by atomic mass is 10.1. The van der Waals surface area contributed by atoms with Gasteiger partial charge in [0, 0.05) is 17.1 Å². The molecule has 0 spiro atoms. The van der Waals surface area contributed by atoms with E-state index in [-0.39, 0.29) is 5.56 Å². The summed E-state index contributed by atoms with van der Waals surface area (Å²) in [5.74, 6) is -1.10. The molecule has 0 bridgehead atoms. The third-order valence-corrected chi connectivity index (χ3v) is 3.26. The van der Waals surface area contributed by atoms with Crippen molar-refractivity contribution in [3.05, 3.63) is 35.4 Å². The van der Waals surface area contributed by atoms with Gasteiger partial charge in [0.15, 0.2) is 0 Å². The quantitative estimate of drug-likeness (QED) is 0.844. The van der Waals surface area contributed by atoms with Gasteiger partial charge >= 0.3 is 5.97 Å². The summed E-state index contributed by atoms with van der Waals surface area (Å²) < 4.78 is 34.2. The fourth-order valence-electron chi connectivity index (χ4n) is 1.07. The van der Waals surface area contributed by atoms with Gasteiger partial charge in [-0.3, -0.25) is 0 Å². The van der Waals surface area contributed by atoms with Crippen molar-refractivity contribution in [2.45, 2.75) is 11.9 Å². The summed E-state index contributed by atoms with van der Waals surface area (Å²) >= 11 is 0. The number of benzene rings is 1. The number of carboxylic acid groups (broad SMARTS) is 1. The molecule has 0 aliphatic heterocycles. The van der Waals surface area contributed by atoms with Gasteiger partial charge in [-0.2, -0.15) is 0 Å². The minimum atomic E-state index is -4.24. The minimum Gasteiger partial charge on any atom is -0.478 e. The molecule has 1 unspecified atom stereocenters. The van der Waals surface area contributed by atoms with Crippen LogP contribution in [0.3, 0.4) is 0 Å². The zero-order chi connectivity index (χ0) is 12.3. The Morgan fingerprint density at radius 3 is 2.25 bits per heavy atom. The van der Waals surface area contributed by atoms with Crippen molar-refractivity contribution in [3.63, 3.8) is 0 Å². The Hall–Kier alpha value is -1.14. The summed E-state index contributed by atoms with van der Waals surface area (Å²) in [5.41, 5.74) is -1.78. The van der Waals surface area contributed by atoms with E-state index >= 15 is 0 Å². The molecule has 0 saturated heterocycles. The Bertz CT molecular complexity index is 483. The zero-order valence-electron chi connectivity index (χ0n) is 7.93. The van der Waals surface area contributed by atoms with E-state index in [4.69, 9.17) is 15.8 Å². The summed E-state index contributed by atoms with van der Waals surface area (Å²) in [6.07, 6.45) is -0.397. The lowest BCUT2D eigenvalue weighted by molar-refractivity contribution is 0.0697. The average molecular weight is 267 g/mol. The van der Waals surface area contributed by atoms with Gasteiger partial charge < -0.3 is 5.11 Å². The predicted octanol–water partition coefficient (Wildman–Crippen LogP) is 1.79. The third kappa shape index (κ3) is 3.46. The van der Waals surface area contributed by atoms with E-state index in [2.05, 4.69) is 0 Å². The second kappa shape index (κ2) is 4.80. The molecule has 0 saturated carbocycles. The van der Waals surface area contributed by atoms with E-state index in [0.717, 1.165) is 0 Å². The van der Waals surface area contributed by atoms with Crippen LogP contribution in [0.1, 0.15) is 15.9 Å². The molecule has 1 aromatic rings. The van der Waals surface area contributed by atoms with E-state index in [1.165, 1.54) is 24.3 Å². The topological polar surface area (TPSA) is 71.4 Å². The number of alkyl halides is 1. The lowest BCUT2D eigenvalue weighted by Gasteiger charge is -2.04. The first-order valence-corrected chi connectivity index (χ1v) is 6.57. The Kier molecular flexibility index (Phi) is 3.88. The first kappa shape index (κ1) is 12.9. The normalized spacial score (nSPS) is 13.4. The average Bonchev–Trinajstić information content (AvgIpc) is 2.17. The van der Waals surface area contributed by atoms with Gasteiger partial charge in [-0.15, -0.1) is 0 Å². The predicted molar refractivity (Wildman–Crippen MR) is 56.8 cm³/mol. The standard InChI is InChI=1S/C9H8ClFO4S/c10-16(14,15)8(11)5-6-1-3-7(4-2-6)9(12)13/h1-4,8H,5H2,(H,12,13). The van der Waals surface area contributed by atoms with Crippen LogP contribution in [0, 0.1) is 0 Å². The first-order valence-electron chi connectivity index (χ1n) is 4.20. The lowest BCUT2D eigenvalue weighted by Crippen LogP contribution is -2.13. The minimum absolute atomic E-state index is 0.0490. The smallest absolute Gasteiger partial charge is 0.335 e. The molecule has 1 N–H and O–H groups in total. The van der Waals surface area contributed by atoms with Gasteiger partial charge in [0.25, 0.3) is 9.05 Å². The molecule has 4 nitrogen and oxygen atoms in total. The molecule has 0 radical (unpaired) electrons. The molecule has 1 rings (SSSR count). The summed E-state index contributed by atoms with van der Waals surface area (Å²) in [7, 11) is 0.580. The fraction of sp³-hybridized carbons (Fsp3) is 0.222. The number of carboxylic acids is 1. The maximum absolute atomic E-state index is 13.0. The Morgan fingerprint density at radius 1 is 1.38 bits per heavy atom. The number of rotatable bonds is 4. The highest BCUT2D eigenvalue weighted by atomic mass is 35.7. The molecule has 16 heavy (non-hydrogen) atoms. The first-order chi connectivity index (χ1) is 7.30. The van der Waals surface area contributed by atoms with E-state index in [1.807, 2.05) is 0 Å². The molecule has 0 fully saturated rings. The molecule has 0 aliphatic carbocycles. The highest BCUT2D eigenvalue weighted by Crippen LogP contribution is 2.15. The SMILES string of the molecule is O=C(O)c1ccc(CC(F)S(=O)(=O)Cl)cc1. The van der Waals surface area contributed by atoms with Crippen molar-refractivity contribution in [3.8, 4) is 0 Å². The van der Waals surface area contributed by atoms with Crippen molar-refractivity contribution in [2.24, 2.45) is 0 Å². The maximum atomic E-state index is 13.0. The summed E-state index contributed by atoms with van der Waals surface area (Å²) in [6.45, 7) is 0. The van der Waals surface area contributed by atoms with Crippen molar-refractivity contribution in [1.29, 1.82) is 0 Å². The second-order valence-electron chi connectivity index (χ2n) is 3.09. The van der Waals surface area contributed by atoms with Crippen LogP contribution in [0.25, 0.3) is 0 Å². The van der Waals surface area contributed by atoms with Gasteiger partial charge in [0.05, 0.1) is 5.56 Å². The van der Waals surface area contributed by atoms with Crippen LogP contribution in [0.2, 0.25) is 0 Å². The van der Waals surface area contributed by atoms with Gasteiger partial charge in [-0.05, 0) is 17.7 Å². The summed E-state index contributed by atoms with van der Waals surface area (Å²) in [4.78, 5) is 10.5. The molecular formula is C9H8ClFO4S. The van der Waals surface area contributed by atoms with E-state index in [1.54, 1.807) is 0 Å². The molecule has 7 heteroatoms. The second-order valence-corrected chi connectivity index (χ2v) is 5.84. The fourth-order valence-corrected chi connectivity index (χ4v) is 1.65. The molecule has 1 aromatic carbocycles. The number of carbonyl (C=O) groups is 1. The zero-order valence-corrected chi connectivity index (χ0v) is 9.50. The van der Waals surface area contributed by atoms with Crippen LogP contribution < -0.4 is 0 Å². The van der Waals surface area contributed by atoms with Crippen LogP contribution in [0.4, 0.5) is 4.39 Å². The Labute approximate surface area is 96.1 Å². The Morgan fingerprint density at radius 2 is 1.88 bits per heavy atom.